The van der Waals surface area contributed by atoms with E-state index in [1.807, 2.05) is 0 Å². The summed E-state index contributed by atoms with van der Waals surface area (Å²) in [5.41, 5.74) is 0.717. The molecule has 0 aromatic heterocycles. The molecule has 4 heteroatoms. The second-order valence-electron chi connectivity index (χ2n) is 1.62. The lowest BCUT2D eigenvalue weighted by Crippen LogP contribution is -2.40. The van der Waals surface area contributed by atoms with Crippen LogP contribution in [0.4, 0.5) is 0 Å². The van der Waals surface area contributed by atoms with Crippen LogP contribution in [0.5, 0.6) is 0 Å². The summed E-state index contributed by atoms with van der Waals surface area (Å²) in [6, 6.07) is 0. The van der Waals surface area contributed by atoms with Gasteiger partial charge in [0.15, 0.2) is 5.62 Å². The molecule has 8 heavy (non-hydrogen) atoms. The minimum Gasteiger partial charge on any atom is -0.784 e. The van der Waals surface area contributed by atoms with E-state index in [4.69, 9.17) is 0 Å². The molecule has 0 amide bonds. The zero-order valence-corrected chi connectivity index (χ0v) is 5.06. The van der Waals surface area contributed by atoms with Gasteiger partial charge in [-0.2, -0.15) is 0 Å². The lowest BCUT2D eigenvalue weighted by Gasteiger charge is -2.44. The van der Waals surface area contributed by atoms with Crippen molar-refractivity contribution in [2.75, 3.05) is 6.54 Å². The van der Waals surface area contributed by atoms with Gasteiger partial charge in [0.05, 0.1) is 5.37 Å². The number of rotatable bonds is 2. The normalized spacial score (nSPS) is 29.4. The highest BCUT2D eigenvalue weighted by atomic mass is 32.2. The van der Waals surface area contributed by atoms with Crippen molar-refractivity contribution in [2.45, 2.75) is 11.8 Å². The van der Waals surface area contributed by atoms with Crippen LogP contribution < -0.4 is 0 Å². The van der Waals surface area contributed by atoms with Gasteiger partial charge in [0, 0.05) is 0 Å². The van der Waals surface area contributed by atoms with E-state index < -0.39 is 0 Å². The van der Waals surface area contributed by atoms with E-state index in [2.05, 4.69) is 0 Å². The van der Waals surface area contributed by atoms with Crippen LogP contribution in [-0.2, 0) is 4.79 Å². The van der Waals surface area contributed by atoms with E-state index in [-0.39, 0.29) is 5.37 Å². The maximum absolute atomic E-state index is 10.4. The predicted molar refractivity (Wildman–Crippen MR) is 32.8 cm³/mol. The van der Waals surface area contributed by atoms with Crippen molar-refractivity contribution in [1.82, 2.24) is 5.06 Å². The molecule has 3 nitrogen and oxygen atoms in total. The van der Waals surface area contributed by atoms with Crippen molar-refractivity contribution in [3.05, 3.63) is 5.21 Å². The van der Waals surface area contributed by atoms with Gasteiger partial charge < -0.3 is 10.3 Å². The molecule has 0 saturated carbocycles. The molecule has 1 saturated heterocycles. The van der Waals surface area contributed by atoms with Crippen molar-refractivity contribution in [2.24, 2.45) is 0 Å². The topological polar surface area (TPSA) is 43.4 Å². The number of thioether (sulfide) groups is 1. The SMILES string of the molecule is O=CSC1CCN1[O-]. The maximum atomic E-state index is 10.4. The second kappa shape index (κ2) is 2.48. The van der Waals surface area contributed by atoms with Gasteiger partial charge in [-0.1, -0.05) is 11.8 Å². The maximum Gasteiger partial charge on any atom is 0.177 e. The van der Waals surface area contributed by atoms with Crippen LogP contribution >= 0.6 is 11.8 Å². The van der Waals surface area contributed by atoms with Crippen LogP contribution in [0.3, 0.4) is 0 Å². The smallest absolute Gasteiger partial charge is 0.177 e. The van der Waals surface area contributed by atoms with Gasteiger partial charge in [-0.25, -0.2) is 0 Å². The summed E-state index contributed by atoms with van der Waals surface area (Å²) >= 11 is 1.06. The first-order valence-corrected chi connectivity index (χ1v) is 3.32. The fraction of sp³-hybridized carbons (Fsp3) is 0.750. The van der Waals surface area contributed by atoms with Gasteiger partial charge in [-0.15, -0.1) is 0 Å². The molecule has 1 fully saturated rings. The number of hydroxylamine groups is 2. The minimum absolute atomic E-state index is 0.0764. The molecule has 1 aliphatic rings. The Balaban J connectivity index is 2.16. The van der Waals surface area contributed by atoms with E-state index in [9.17, 15) is 10.0 Å². The molecule has 1 rings (SSSR count). The lowest BCUT2D eigenvalue weighted by molar-refractivity contribution is 0.234. The van der Waals surface area contributed by atoms with Crippen molar-refractivity contribution >= 4 is 17.4 Å². The quantitative estimate of drug-likeness (QED) is 0.511. The summed E-state index contributed by atoms with van der Waals surface area (Å²) < 4.78 is 0. The summed E-state index contributed by atoms with van der Waals surface area (Å²) in [4.78, 5) is 9.75. The van der Waals surface area contributed by atoms with Crippen molar-refractivity contribution in [1.29, 1.82) is 0 Å². The van der Waals surface area contributed by atoms with E-state index in [1.54, 1.807) is 0 Å². The Hall–Kier alpha value is -0.0600. The molecule has 0 radical (unpaired) electrons. The van der Waals surface area contributed by atoms with E-state index in [0.29, 0.717) is 12.2 Å². The van der Waals surface area contributed by atoms with E-state index >= 15 is 0 Å². The highest BCUT2D eigenvalue weighted by Gasteiger charge is 2.19. The van der Waals surface area contributed by atoms with Crippen LogP contribution in [0.25, 0.3) is 0 Å². The molecule has 1 atom stereocenters. The van der Waals surface area contributed by atoms with Crippen LogP contribution in [0.2, 0.25) is 0 Å². The molecular weight excluding hydrogens is 126 g/mol. The number of carbonyl (C=O) groups excluding carboxylic acids is 1. The number of carbonyl (C=O) groups is 1. The van der Waals surface area contributed by atoms with Gasteiger partial charge >= 0.3 is 0 Å². The van der Waals surface area contributed by atoms with Crippen LogP contribution in [0.1, 0.15) is 6.42 Å². The van der Waals surface area contributed by atoms with Gasteiger partial charge in [-0.3, -0.25) is 4.79 Å². The molecule has 1 aliphatic heterocycles. The second-order valence-corrected chi connectivity index (χ2v) is 2.63. The number of hydrogen-bond acceptors (Lipinski definition) is 4. The Morgan fingerprint density at radius 2 is 2.62 bits per heavy atom. The fourth-order valence-electron chi connectivity index (χ4n) is 0.540. The Morgan fingerprint density at radius 3 is 2.75 bits per heavy atom. The van der Waals surface area contributed by atoms with Gasteiger partial charge in [0.2, 0.25) is 0 Å². The summed E-state index contributed by atoms with van der Waals surface area (Å²) in [6.07, 6.45) is 0.854. The van der Waals surface area contributed by atoms with Crippen LogP contribution in [0.15, 0.2) is 0 Å². The van der Waals surface area contributed by atoms with Gasteiger partial charge in [0.25, 0.3) is 0 Å². The molecule has 1 unspecified atom stereocenters. The van der Waals surface area contributed by atoms with Crippen LogP contribution in [0, 0.1) is 5.21 Å². The predicted octanol–water partition coefficient (Wildman–Crippen LogP) is 0.439. The van der Waals surface area contributed by atoms with E-state index in [0.717, 1.165) is 23.2 Å². The molecule has 0 N–H and O–H groups in total. The standard InChI is InChI=1S/C4H6NO2S/c6-3-8-4-1-2-5(4)7/h3-4H,1-2H2/q-1. The third-order valence-corrected chi connectivity index (χ3v) is 2.03. The Bertz CT molecular complexity index is 98.0. The molecule has 0 aromatic carbocycles. The average molecular weight is 132 g/mol. The van der Waals surface area contributed by atoms with Crippen molar-refractivity contribution in [3.8, 4) is 0 Å². The monoisotopic (exact) mass is 132 g/mol. The average Bonchev–Trinajstić information content (AvgIpc) is 1.79. The molecule has 46 valence electrons. The lowest BCUT2D eigenvalue weighted by atomic mass is 10.3. The third kappa shape index (κ3) is 1.02. The first-order chi connectivity index (χ1) is 3.84. The molecule has 1 heterocycles. The molecule has 0 aliphatic carbocycles. The number of hydrogen-bond donors (Lipinski definition) is 0. The zero-order chi connectivity index (χ0) is 5.98. The molecule has 0 spiro atoms. The number of nitrogens with zero attached hydrogens (tertiary/aromatic N) is 1. The van der Waals surface area contributed by atoms with Crippen molar-refractivity contribution in [3.63, 3.8) is 0 Å². The minimum atomic E-state index is -0.0764. The Labute approximate surface area is 51.6 Å². The Kier molecular flexibility index (Phi) is 1.88. The summed E-state index contributed by atoms with van der Waals surface area (Å²) in [5, 5.41) is 11.2. The first-order valence-electron chi connectivity index (χ1n) is 2.37. The fourth-order valence-corrected chi connectivity index (χ4v) is 1.15. The highest BCUT2D eigenvalue weighted by molar-refractivity contribution is 8.12. The largest absolute Gasteiger partial charge is 0.784 e. The zero-order valence-electron chi connectivity index (χ0n) is 4.24. The Morgan fingerprint density at radius 1 is 1.88 bits per heavy atom. The van der Waals surface area contributed by atoms with Gasteiger partial charge in [-0.05, 0) is 13.0 Å². The van der Waals surface area contributed by atoms with Gasteiger partial charge in [0.1, 0.15) is 0 Å². The van der Waals surface area contributed by atoms with E-state index in [1.165, 1.54) is 0 Å². The van der Waals surface area contributed by atoms with Crippen LogP contribution in [-0.4, -0.2) is 22.6 Å². The molecule has 0 bridgehead atoms. The molecular formula is C4H6NO2S-. The highest BCUT2D eigenvalue weighted by Crippen LogP contribution is 2.24. The summed E-state index contributed by atoms with van der Waals surface area (Å²) in [5.74, 6) is 0. The summed E-state index contributed by atoms with van der Waals surface area (Å²) in [6.45, 7) is 0.589. The summed E-state index contributed by atoms with van der Waals surface area (Å²) in [7, 11) is 0. The third-order valence-electron chi connectivity index (χ3n) is 1.13. The first kappa shape index (κ1) is 6.07. The molecule has 0 aromatic rings. The van der Waals surface area contributed by atoms with Crippen molar-refractivity contribution < 1.29 is 4.79 Å².